The summed E-state index contributed by atoms with van der Waals surface area (Å²) >= 11 is 11.7. The summed E-state index contributed by atoms with van der Waals surface area (Å²) < 4.78 is 0. The van der Waals surface area contributed by atoms with Gasteiger partial charge in [0.25, 0.3) is 0 Å². The third kappa shape index (κ3) is 4.43. The number of hydrogen-bond acceptors (Lipinski definition) is 3. The fraction of sp³-hybridized carbons (Fsp3) is 0.467. The smallest absolute Gasteiger partial charge is 0.306 e. The molecule has 1 fully saturated rings. The lowest BCUT2D eigenvalue weighted by molar-refractivity contribution is -0.143. The monoisotopic (exact) mass is 329 g/mol. The molecule has 0 amide bonds. The highest BCUT2D eigenvalue weighted by Crippen LogP contribution is 2.23. The van der Waals surface area contributed by atoms with E-state index in [0.29, 0.717) is 41.4 Å². The van der Waals surface area contributed by atoms with E-state index in [0.717, 1.165) is 13.1 Å². The summed E-state index contributed by atoms with van der Waals surface area (Å²) in [5, 5.41) is 9.76. The number of likely N-dealkylation sites (tertiary alicyclic amines) is 1. The average molecular weight is 330 g/mol. The molecule has 1 aliphatic rings. The van der Waals surface area contributed by atoms with Gasteiger partial charge in [-0.05, 0) is 44.1 Å². The minimum atomic E-state index is -0.721. The van der Waals surface area contributed by atoms with E-state index < -0.39 is 5.97 Å². The third-order valence-electron chi connectivity index (χ3n) is 3.83. The summed E-state index contributed by atoms with van der Waals surface area (Å²) in [6, 6.07) is 4.88. The number of Topliss-reactive ketones (excluding diaryl/α,β-unsaturated/α-hetero) is 1. The quantitative estimate of drug-likeness (QED) is 0.841. The minimum Gasteiger partial charge on any atom is -0.481 e. The Hall–Kier alpha value is -1.10. The number of rotatable bonds is 5. The molecule has 0 bridgehead atoms. The topological polar surface area (TPSA) is 57.6 Å². The molecule has 1 saturated heterocycles. The molecule has 114 valence electrons. The van der Waals surface area contributed by atoms with Crippen molar-refractivity contribution >= 4 is 35.0 Å². The Morgan fingerprint density at radius 3 is 2.43 bits per heavy atom. The summed E-state index contributed by atoms with van der Waals surface area (Å²) in [7, 11) is 0. The van der Waals surface area contributed by atoms with Gasteiger partial charge in [0.1, 0.15) is 0 Å². The molecule has 4 nitrogen and oxygen atoms in total. The standard InChI is InChI=1S/C15H17Cl2NO3/c16-12-2-1-11(9-13(12)17)14(19)5-8-18-6-3-10(4-7-18)15(20)21/h1-2,9-10H,3-8H2,(H,20,21). The molecule has 6 heteroatoms. The van der Waals surface area contributed by atoms with Crippen molar-refractivity contribution in [1.29, 1.82) is 0 Å². The van der Waals surface area contributed by atoms with E-state index in [4.69, 9.17) is 28.3 Å². The van der Waals surface area contributed by atoms with Crippen LogP contribution in [0.4, 0.5) is 0 Å². The summed E-state index contributed by atoms with van der Waals surface area (Å²) in [5.74, 6) is -0.942. The number of halogens is 2. The van der Waals surface area contributed by atoms with Gasteiger partial charge in [0.05, 0.1) is 16.0 Å². The molecule has 0 radical (unpaired) electrons. The van der Waals surface area contributed by atoms with E-state index in [-0.39, 0.29) is 11.7 Å². The second kappa shape index (κ2) is 7.25. The van der Waals surface area contributed by atoms with Crippen LogP contribution in [-0.4, -0.2) is 41.4 Å². The molecule has 0 unspecified atom stereocenters. The van der Waals surface area contributed by atoms with Crippen molar-refractivity contribution < 1.29 is 14.7 Å². The van der Waals surface area contributed by atoms with Gasteiger partial charge in [0, 0.05) is 18.5 Å². The van der Waals surface area contributed by atoms with Gasteiger partial charge in [0.15, 0.2) is 5.78 Å². The van der Waals surface area contributed by atoms with Crippen LogP contribution in [0.3, 0.4) is 0 Å². The first-order valence-electron chi connectivity index (χ1n) is 6.91. The van der Waals surface area contributed by atoms with Gasteiger partial charge < -0.3 is 10.0 Å². The first-order valence-corrected chi connectivity index (χ1v) is 7.66. The predicted octanol–water partition coefficient (Wildman–Crippen LogP) is 3.36. The molecule has 2 rings (SSSR count). The van der Waals surface area contributed by atoms with Gasteiger partial charge in [-0.3, -0.25) is 9.59 Å². The van der Waals surface area contributed by atoms with E-state index >= 15 is 0 Å². The second-order valence-corrected chi connectivity index (χ2v) is 6.07. The van der Waals surface area contributed by atoms with Crippen molar-refractivity contribution in [2.45, 2.75) is 19.3 Å². The Morgan fingerprint density at radius 2 is 1.86 bits per heavy atom. The number of hydrogen-bond donors (Lipinski definition) is 1. The van der Waals surface area contributed by atoms with E-state index in [1.807, 2.05) is 0 Å². The van der Waals surface area contributed by atoms with Gasteiger partial charge in [0.2, 0.25) is 0 Å². The lowest BCUT2D eigenvalue weighted by Gasteiger charge is -2.29. The summed E-state index contributed by atoms with van der Waals surface area (Å²) in [6.45, 7) is 2.10. The van der Waals surface area contributed by atoms with Gasteiger partial charge in [-0.2, -0.15) is 0 Å². The van der Waals surface area contributed by atoms with Gasteiger partial charge in [-0.15, -0.1) is 0 Å². The maximum absolute atomic E-state index is 12.1. The Kier molecular flexibility index (Phi) is 5.62. The number of ketones is 1. The average Bonchev–Trinajstić information content (AvgIpc) is 2.48. The van der Waals surface area contributed by atoms with E-state index in [1.54, 1.807) is 18.2 Å². The second-order valence-electron chi connectivity index (χ2n) is 5.26. The largest absolute Gasteiger partial charge is 0.481 e. The molecule has 21 heavy (non-hydrogen) atoms. The molecule has 1 N–H and O–H groups in total. The fourth-order valence-corrected chi connectivity index (χ4v) is 2.78. The van der Waals surface area contributed by atoms with E-state index in [1.165, 1.54) is 0 Å². The minimum absolute atomic E-state index is 0.0222. The molecule has 0 saturated carbocycles. The predicted molar refractivity (Wildman–Crippen MR) is 82.2 cm³/mol. The number of benzene rings is 1. The Morgan fingerprint density at radius 1 is 1.19 bits per heavy atom. The van der Waals surface area contributed by atoms with Crippen molar-refractivity contribution in [3.8, 4) is 0 Å². The lowest BCUT2D eigenvalue weighted by Crippen LogP contribution is -2.37. The van der Waals surface area contributed by atoms with Crippen LogP contribution < -0.4 is 0 Å². The maximum Gasteiger partial charge on any atom is 0.306 e. The molecule has 0 atom stereocenters. The molecule has 0 aromatic heterocycles. The number of carbonyl (C=O) groups excluding carboxylic acids is 1. The molecular weight excluding hydrogens is 313 g/mol. The Labute approximate surface area is 133 Å². The first kappa shape index (κ1) is 16.3. The van der Waals surface area contributed by atoms with Crippen LogP contribution in [0.5, 0.6) is 0 Å². The van der Waals surface area contributed by atoms with Crippen LogP contribution in [0.15, 0.2) is 18.2 Å². The van der Waals surface area contributed by atoms with E-state index in [2.05, 4.69) is 4.90 Å². The van der Waals surface area contributed by atoms with Crippen LogP contribution in [0.2, 0.25) is 10.0 Å². The number of carboxylic acid groups (broad SMARTS) is 1. The zero-order valence-corrected chi connectivity index (χ0v) is 13.0. The van der Waals surface area contributed by atoms with E-state index in [9.17, 15) is 9.59 Å². The number of piperidine rings is 1. The summed E-state index contributed by atoms with van der Waals surface area (Å²) in [4.78, 5) is 25.1. The number of carbonyl (C=O) groups is 2. The lowest BCUT2D eigenvalue weighted by atomic mass is 9.97. The number of carboxylic acids is 1. The van der Waals surface area contributed by atoms with Crippen molar-refractivity contribution in [3.63, 3.8) is 0 Å². The third-order valence-corrected chi connectivity index (χ3v) is 4.57. The highest BCUT2D eigenvalue weighted by molar-refractivity contribution is 6.42. The van der Waals surface area contributed by atoms with Crippen molar-refractivity contribution in [2.24, 2.45) is 5.92 Å². The van der Waals surface area contributed by atoms with Crippen molar-refractivity contribution in [2.75, 3.05) is 19.6 Å². The molecule has 1 aromatic rings. The van der Waals surface area contributed by atoms with Crippen LogP contribution in [0.1, 0.15) is 29.6 Å². The van der Waals surface area contributed by atoms with Crippen molar-refractivity contribution in [3.05, 3.63) is 33.8 Å². The van der Waals surface area contributed by atoms with Crippen LogP contribution in [0, 0.1) is 5.92 Å². The van der Waals surface area contributed by atoms with Gasteiger partial charge in [-0.25, -0.2) is 0 Å². The number of aliphatic carboxylic acids is 1. The Balaban J connectivity index is 1.82. The summed E-state index contributed by atoms with van der Waals surface area (Å²) in [5.41, 5.74) is 0.560. The van der Waals surface area contributed by atoms with Crippen LogP contribution >= 0.6 is 23.2 Å². The molecule has 1 aromatic carbocycles. The first-order chi connectivity index (χ1) is 9.97. The Bertz CT molecular complexity index is 540. The highest BCUT2D eigenvalue weighted by atomic mass is 35.5. The van der Waals surface area contributed by atoms with Gasteiger partial charge >= 0.3 is 5.97 Å². The molecule has 0 spiro atoms. The highest BCUT2D eigenvalue weighted by Gasteiger charge is 2.24. The van der Waals surface area contributed by atoms with Crippen LogP contribution in [-0.2, 0) is 4.79 Å². The zero-order valence-electron chi connectivity index (χ0n) is 11.5. The molecule has 0 aliphatic carbocycles. The fourth-order valence-electron chi connectivity index (χ4n) is 2.48. The SMILES string of the molecule is O=C(CCN1CCC(C(=O)O)CC1)c1ccc(Cl)c(Cl)c1. The maximum atomic E-state index is 12.1. The molecular formula is C15H17Cl2NO3. The van der Waals surface area contributed by atoms with Gasteiger partial charge in [-0.1, -0.05) is 23.2 Å². The molecule has 1 aliphatic heterocycles. The number of nitrogens with zero attached hydrogens (tertiary/aromatic N) is 1. The summed E-state index contributed by atoms with van der Waals surface area (Å²) in [6.07, 6.45) is 1.70. The normalized spacial score (nSPS) is 16.9. The zero-order chi connectivity index (χ0) is 15.4. The van der Waals surface area contributed by atoms with Crippen molar-refractivity contribution in [1.82, 2.24) is 4.90 Å². The van der Waals surface area contributed by atoms with Crippen LogP contribution in [0.25, 0.3) is 0 Å². The molecule has 1 heterocycles.